The second-order valence-corrected chi connectivity index (χ2v) is 5.72. The van der Waals surface area contributed by atoms with Gasteiger partial charge < -0.3 is 5.32 Å². The molecule has 0 amide bonds. The van der Waals surface area contributed by atoms with Gasteiger partial charge in [-0.2, -0.15) is 11.3 Å². The number of thiophene rings is 1. The number of nitrogens with one attached hydrogen (secondary N) is 1. The lowest BCUT2D eigenvalue weighted by Crippen LogP contribution is -2.35. The van der Waals surface area contributed by atoms with Crippen molar-refractivity contribution in [2.24, 2.45) is 0 Å². The van der Waals surface area contributed by atoms with Gasteiger partial charge in [0.25, 0.3) is 0 Å². The van der Waals surface area contributed by atoms with Crippen LogP contribution in [-0.4, -0.2) is 30.1 Å². The fourth-order valence-corrected chi connectivity index (χ4v) is 2.60. The van der Waals surface area contributed by atoms with E-state index >= 15 is 0 Å². The monoisotopic (exact) mass is 238 g/mol. The molecular formula is C13H22N2S. The van der Waals surface area contributed by atoms with Crippen LogP contribution in [0.25, 0.3) is 0 Å². The van der Waals surface area contributed by atoms with Crippen LogP contribution in [0.5, 0.6) is 0 Å². The minimum atomic E-state index is 0.599. The predicted molar refractivity (Wildman–Crippen MR) is 70.9 cm³/mol. The molecular weight excluding hydrogens is 216 g/mol. The molecule has 16 heavy (non-hydrogen) atoms. The number of hydrogen-bond acceptors (Lipinski definition) is 3. The standard InChI is InChI=1S/C13H22N2S/c1-11(2)14-6-7-15(13-3-4-13)9-12-5-8-16-10-12/h5,8,10-11,13-14H,3-4,6-7,9H2,1-2H3. The first kappa shape index (κ1) is 12.1. The summed E-state index contributed by atoms with van der Waals surface area (Å²) in [4.78, 5) is 2.62. The predicted octanol–water partition coefficient (Wildman–Crippen LogP) is 2.71. The molecule has 0 aromatic carbocycles. The molecule has 0 spiro atoms. The average molecular weight is 238 g/mol. The molecule has 1 heterocycles. The number of rotatable bonds is 7. The van der Waals surface area contributed by atoms with Crippen LogP contribution < -0.4 is 5.32 Å². The molecule has 1 aromatic heterocycles. The van der Waals surface area contributed by atoms with Crippen molar-refractivity contribution in [2.45, 2.75) is 45.3 Å². The summed E-state index contributed by atoms with van der Waals surface area (Å²) in [7, 11) is 0. The Morgan fingerprint density at radius 2 is 2.31 bits per heavy atom. The second-order valence-electron chi connectivity index (χ2n) is 4.94. The third-order valence-electron chi connectivity index (χ3n) is 2.98. The first-order chi connectivity index (χ1) is 7.75. The molecule has 0 aliphatic heterocycles. The quantitative estimate of drug-likeness (QED) is 0.786. The van der Waals surface area contributed by atoms with Gasteiger partial charge >= 0.3 is 0 Å². The van der Waals surface area contributed by atoms with Crippen molar-refractivity contribution in [2.75, 3.05) is 13.1 Å². The molecule has 1 aromatic rings. The molecule has 1 saturated carbocycles. The molecule has 1 aliphatic carbocycles. The van der Waals surface area contributed by atoms with Crippen LogP contribution in [0.3, 0.4) is 0 Å². The van der Waals surface area contributed by atoms with E-state index in [-0.39, 0.29) is 0 Å². The molecule has 0 atom stereocenters. The lowest BCUT2D eigenvalue weighted by atomic mass is 10.3. The Bertz CT molecular complexity index is 291. The Kier molecular flexibility index (Phi) is 4.38. The Labute approximate surface area is 103 Å². The molecule has 90 valence electrons. The van der Waals surface area contributed by atoms with Crippen molar-refractivity contribution in [1.29, 1.82) is 0 Å². The van der Waals surface area contributed by atoms with Gasteiger partial charge in [0.15, 0.2) is 0 Å². The van der Waals surface area contributed by atoms with Crippen molar-refractivity contribution >= 4 is 11.3 Å². The molecule has 0 bridgehead atoms. The van der Waals surface area contributed by atoms with Crippen LogP contribution in [0.1, 0.15) is 32.3 Å². The molecule has 0 saturated heterocycles. The summed E-state index contributed by atoms with van der Waals surface area (Å²) in [6.45, 7) is 7.84. The summed E-state index contributed by atoms with van der Waals surface area (Å²) < 4.78 is 0. The van der Waals surface area contributed by atoms with Crippen LogP contribution in [0.4, 0.5) is 0 Å². The summed E-state index contributed by atoms with van der Waals surface area (Å²) in [5.41, 5.74) is 1.47. The molecule has 1 N–H and O–H groups in total. The highest BCUT2D eigenvalue weighted by molar-refractivity contribution is 7.07. The maximum absolute atomic E-state index is 3.50. The van der Waals surface area contributed by atoms with Crippen molar-refractivity contribution in [3.63, 3.8) is 0 Å². The zero-order valence-electron chi connectivity index (χ0n) is 10.3. The van der Waals surface area contributed by atoms with Gasteiger partial charge in [0.05, 0.1) is 0 Å². The topological polar surface area (TPSA) is 15.3 Å². The van der Waals surface area contributed by atoms with Crippen molar-refractivity contribution < 1.29 is 0 Å². The fraction of sp³-hybridized carbons (Fsp3) is 0.692. The van der Waals surface area contributed by atoms with E-state index < -0.39 is 0 Å². The van der Waals surface area contributed by atoms with Crippen molar-refractivity contribution in [1.82, 2.24) is 10.2 Å². The van der Waals surface area contributed by atoms with Gasteiger partial charge in [0.2, 0.25) is 0 Å². The van der Waals surface area contributed by atoms with Crippen LogP contribution in [0.15, 0.2) is 16.8 Å². The largest absolute Gasteiger partial charge is 0.313 e. The van der Waals surface area contributed by atoms with Gasteiger partial charge in [-0.3, -0.25) is 4.90 Å². The highest BCUT2D eigenvalue weighted by Crippen LogP contribution is 2.28. The van der Waals surface area contributed by atoms with Crippen LogP contribution >= 0.6 is 11.3 Å². The van der Waals surface area contributed by atoms with Crippen LogP contribution in [0, 0.1) is 0 Å². The summed E-state index contributed by atoms with van der Waals surface area (Å²) in [6, 6.07) is 3.70. The fourth-order valence-electron chi connectivity index (χ4n) is 1.94. The van der Waals surface area contributed by atoms with Gasteiger partial charge in [0.1, 0.15) is 0 Å². The maximum atomic E-state index is 3.50. The van der Waals surface area contributed by atoms with Gasteiger partial charge in [-0.25, -0.2) is 0 Å². The van der Waals surface area contributed by atoms with E-state index in [2.05, 4.69) is 40.9 Å². The molecule has 0 unspecified atom stereocenters. The van der Waals surface area contributed by atoms with E-state index in [4.69, 9.17) is 0 Å². The van der Waals surface area contributed by atoms with Gasteiger partial charge in [-0.15, -0.1) is 0 Å². The smallest absolute Gasteiger partial charge is 0.0245 e. The molecule has 2 nitrogen and oxygen atoms in total. The second kappa shape index (κ2) is 5.80. The normalized spacial score (nSPS) is 16.2. The average Bonchev–Trinajstić information content (AvgIpc) is 2.96. The first-order valence-electron chi connectivity index (χ1n) is 6.24. The first-order valence-corrected chi connectivity index (χ1v) is 7.18. The number of hydrogen-bond donors (Lipinski definition) is 1. The third kappa shape index (κ3) is 3.89. The zero-order valence-corrected chi connectivity index (χ0v) is 11.1. The summed E-state index contributed by atoms with van der Waals surface area (Å²) in [6.07, 6.45) is 2.79. The van der Waals surface area contributed by atoms with Crippen molar-refractivity contribution in [3.05, 3.63) is 22.4 Å². The van der Waals surface area contributed by atoms with Gasteiger partial charge in [-0.05, 0) is 35.2 Å². The SMILES string of the molecule is CC(C)NCCN(Cc1ccsc1)C1CC1. The van der Waals surface area contributed by atoms with Crippen molar-refractivity contribution in [3.8, 4) is 0 Å². The van der Waals surface area contributed by atoms with Crippen LogP contribution in [-0.2, 0) is 6.54 Å². The van der Waals surface area contributed by atoms with E-state index in [0.29, 0.717) is 6.04 Å². The Hall–Kier alpha value is -0.380. The Balaban J connectivity index is 1.76. The van der Waals surface area contributed by atoms with E-state index in [1.54, 1.807) is 11.3 Å². The lowest BCUT2D eigenvalue weighted by Gasteiger charge is -2.22. The highest BCUT2D eigenvalue weighted by atomic mass is 32.1. The summed E-state index contributed by atoms with van der Waals surface area (Å²) >= 11 is 1.80. The molecule has 1 fully saturated rings. The molecule has 3 heteroatoms. The summed E-state index contributed by atoms with van der Waals surface area (Å²) in [5, 5.41) is 7.94. The zero-order chi connectivity index (χ0) is 11.4. The highest BCUT2D eigenvalue weighted by Gasteiger charge is 2.28. The number of nitrogens with zero attached hydrogens (tertiary/aromatic N) is 1. The van der Waals surface area contributed by atoms with Gasteiger partial charge in [-0.1, -0.05) is 13.8 Å². The van der Waals surface area contributed by atoms with E-state index in [0.717, 1.165) is 19.1 Å². The van der Waals surface area contributed by atoms with Gasteiger partial charge in [0, 0.05) is 31.7 Å². The minimum Gasteiger partial charge on any atom is -0.313 e. The van der Waals surface area contributed by atoms with E-state index in [1.165, 1.54) is 24.9 Å². The molecule has 1 aliphatic rings. The molecule has 0 radical (unpaired) electrons. The molecule has 2 rings (SSSR count). The Morgan fingerprint density at radius 3 is 2.88 bits per heavy atom. The maximum Gasteiger partial charge on any atom is 0.0245 e. The Morgan fingerprint density at radius 1 is 1.50 bits per heavy atom. The van der Waals surface area contributed by atoms with Crippen LogP contribution in [0.2, 0.25) is 0 Å². The summed E-state index contributed by atoms with van der Waals surface area (Å²) in [5.74, 6) is 0. The van der Waals surface area contributed by atoms with E-state index in [9.17, 15) is 0 Å². The third-order valence-corrected chi connectivity index (χ3v) is 3.71. The lowest BCUT2D eigenvalue weighted by molar-refractivity contribution is 0.252. The minimum absolute atomic E-state index is 0.599. The van der Waals surface area contributed by atoms with E-state index in [1.807, 2.05) is 0 Å².